The van der Waals surface area contributed by atoms with Crippen molar-refractivity contribution in [1.82, 2.24) is 0 Å². The predicted octanol–water partition coefficient (Wildman–Crippen LogP) is 5.00. The molecule has 1 atom stereocenters. The van der Waals surface area contributed by atoms with Crippen LogP contribution >= 0.6 is 0 Å². The topological polar surface area (TPSA) is 0 Å². The summed E-state index contributed by atoms with van der Waals surface area (Å²) in [6.45, 7) is 28.2. The van der Waals surface area contributed by atoms with Crippen molar-refractivity contribution in [2.75, 3.05) is 0 Å². The van der Waals surface area contributed by atoms with Crippen molar-refractivity contribution >= 4 is 3.71 Å². The van der Waals surface area contributed by atoms with Crippen molar-refractivity contribution in [2.24, 2.45) is 5.92 Å². The van der Waals surface area contributed by atoms with Crippen LogP contribution in [0.1, 0.15) is 120 Å². The summed E-state index contributed by atoms with van der Waals surface area (Å²) < 4.78 is 5.03. The van der Waals surface area contributed by atoms with Crippen molar-refractivity contribution in [1.29, 1.82) is 0 Å². The zero-order valence-corrected chi connectivity index (χ0v) is 32.3. The van der Waals surface area contributed by atoms with Crippen LogP contribution in [0.2, 0.25) is 0 Å². The molecular weight excluding hydrogens is 643 g/mol. The maximum absolute atomic E-state index is 2.79. The number of hydrogen-bond acceptors (Lipinski definition) is 0. The average molecular weight is 693 g/mol. The molecule has 0 saturated carbocycles. The van der Waals surface area contributed by atoms with Crippen LogP contribution in [0.4, 0.5) is 0 Å². The molecule has 0 nitrogen and oxygen atoms in total. The van der Waals surface area contributed by atoms with E-state index in [9.17, 15) is 0 Å². The Morgan fingerprint density at radius 1 is 0.605 bits per heavy atom. The molecule has 0 N–H and O–H groups in total. The van der Waals surface area contributed by atoms with Gasteiger partial charge in [-0.2, -0.15) is 0 Å². The maximum Gasteiger partial charge on any atom is -1.00 e. The third-order valence-electron chi connectivity index (χ3n) is 9.42. The molecule has 1 unspecified atom stereocenters. The van der Waals surface area contributed by atoms with E-state index >= 15 is 0 Å². The minimum absolute atomic E-state index is 0. The molecule has 3 aromatic carbocycles. The minimum Gasteiger partial charge on any atom is -1.00 e. The Labute approximate surface area is 282 Å². The van der Waals surface area contributed by atoms with Crippen LogP contribution in [0.25, 0.3) is 11.1 Å². The average Bonchev–Trinajstić information content (AvgIpc) is 3.33. The Balaban J connectivity index is 0.00000253. The zero-order valence-electron chi connectivity index (χ0n) is 28.3. The van der Waals surface area contributed by atoms with Gasteiger partial charge >= 0.3 is 260 Å². The standard InChI is InChI=1S/C21H25.C11H14.C8H11.2ClH.Zr/c1-20(2,3)16-7-9-18-14(12-16)11-15-13-17(21(4,5)6)8-10-19(15)18;1-9-5-7-10(8-6-9)11(2,3)4;1-6-4-7(2)8(3)5-6;;;/h7-13H,1-6H3;1,5-8H,2-4H3;4,6H,1-3H3;2*1H;/q;;;;;+2/p-2. The van der Waals surface area contributed by atoms with E-state index < -0.39 is 21.3 Å². The number of benzene rings is 3. The van der Waals surface area contributed by atoms with E-state index in [2.05, 4.69) is 154 Å². The van der Waals surface area contributed by atoms with Crippen molar-refractivity contribution < 1.29 is 46.1 Å². The van der Waals surface area contributed by atoms with Crippen molar-refractivity contribution in [3.8, 4) is 11.1 Å². The van der Waals surface area contributed by atoms with Crippen LogP contribution in [0, 0.1) is 5.92 Å². The molecule has 43 heavy (non-hydrogen) atoms. The number of hydrogen-bond donors (Lipinski definition) is 0. The fourth-order valence-electron chi connectivity index (χ4n) is 6.72. The first kappa shape index (κ1) is 35.9. The summed E-state index contributed by atoms with van der Waals surface area (Å²) >= 11 is -2.52. The Kier molecular flexibility index (Phi) is 10.6. The smallest absolute Gasteiger partial charge is 1.00 e. The number of fused-ring (bicyclic) bond motifs is 3. The van der Waals surface area contributed by atoms with Gasteiger partial charge in [-0.1, -0.05) is 0 Å². The molecule has 0 saturated heterocycles. The molecule has 0 bridgehead atoms. The van der Waals surface area contributed by atoms with Gasteiger partial charge in [-0.15, -0.1) is 0 Å². The van der Waals surface area contributed by atoms with E-state index in [1.807, 2.05) is 0 Å². The van der Waals surface area contributed by atoms with Crippen molar-refractivity contribution in [2.45, 2.75) is 103 Å². The first-order valence-electron chi connectivity index (χ1n) is 15.5. The molecule has 0 amide bonds. The van der Waals surface area contributed by atoms with Crippen LogP contribution < -0.4 is 24.8 Å². The zero-order chi connectivity index (χ0) is 30.1. The van der Waals surface area contributed by atoms with E-state index in [1.165, 1.54) is 39.0 Å². The summed E-state index contributed by atoms with van der Waals surface area (Å²) in [7, 11) is 0. The van der Waals surface area contributed by atoms with Gasteiger partial charge < -0.3 is 24.8 Å². The van der Waals surface area contributed by atoms with Crippen LogP contribution in [-0.4, -0.2) is 3.71 Å². The number of rotatable bonds is 3. The van der Waals surface area contributed by atoms with Gasteiger partial charge in [-0.25, -0.2) is 0 Å². The molecule has 3 aromatic rings. The van der Waals surface area contributed by atoms with Crippen molar-refractivity contribution in [3.63, 3.8) is 0 Å². The molecule has 0 heterocycles. The summed E-state index contributed by atoms with van der Waals surface area (Å²) in [5.41, 5.74) is 15.2. The van der Waals surface area contributed by atoms with E-state index in [1.54, 1.807) is 20.0 Å². The summed E-state index contributed by atoms with van der Waals surface area (Å²) in [5.74, 6) is 0.513. The molecule has 2 aliphatic carbocycles. The molecule has 0 aliphatic heterocycles. The molecule has 2 aliphatic rings. The Bertz CT molecular complexity index is 1530. The van der Waals surface area contributed by atoms with Crippen LogP contribution in [0.3, 0.4) is 0 Å². The van der Waals surface area contributed by atoms with Crippen molar-refractivity contribution in [3.05, 3.63) is 115 Å². The van der Waals surface area contributed by atoms with Gasteiger partial charge in [-0.05, 0) is 0 Å². The summed E-state index contributed by atoms with van der Waals surface area (Å²) in [6, 6.07) is 24.3. The first-order valence-corrected chi connectivity index (χ1v) is 19.5. The molecule has 3 heteroatoms. The van der Waals surface area contributed by atoms with Gasteiger partial charge in [0.05, 0.1) is 0 Å². The largest absolute Gasteiger partial charge is 1.00 e. The second-order valence-corrected chi connectivity index (χ2v) is 21.4. The molecule has 228 valence electrons. The maximum atomic E-state index is 2.79. The molecule has 0 radical (unpaired) electrons. The SMILES string of the molecule is CC1=CC(C)[C](/[Zr+2](=[CH]\c2ccc(C(C)(C)C)cc2)[CH]2c3cc(C(C)(C)C)ccc3-c3ccc(C(C)(C)C)cc32)=C1C.[Cl-].[Cl-]. The quantitative estimate of drug-likeness (QED) is 0.363. The Hall–Kier alpha value is -1.53. The summed E-state index contributed by atoms with van der Waals surface area (Å²) in [6.07, 6.45) is 2.52. The van der Waals surface area contributed by atoms with Gasteiger partial charge in [0.15, 0.2) is 0 Å². The van der Waals surface area contributed by atoms with Gasteiger partial charge in [0, 0.05) is 0 Å². The van der Waals surface area contributed by atoms with Gasteiger partial charge in [0.2, 0.25) is 0 Å². The van der Waals surface area contributed by atoms with Crippen LogP contribution in [-0.2, 0) is 37.5 Å². The van der Waals surface area contributed by atoms with Crippen LogP contribution in [0.5, 0.6) is 0 Å². The monoisotopic (exact) mass is 690 g/mol. The summed E-state index contributed by atoms with van der Waals surface area (Å²) in [5, 5.41) is 0. The second-order valence-electron chi connectivity index (χ2n) is 15.7. The van der Waals surface area contributed by atoms with Gasteiger partial charge in [-0.3, -0.25) is 0 Å². The molecular formula is C40H50Cl2Zr. The third kappa shape index (κ3) is 7.01. The normalized spacial score (nSPS) is 16.8. The number of halogens is 2. The third-order valence-corrected chi connectivity index (χ3v) is 17.6. The van der Waals surface area contributed by atoms with E-state index in [4.69, 9.17) is 0 Å². The molecule has 5 rings (SSSR count). The minimum atomic E-state index is -2.52. The molecule has 0 aromatic heterocycles. The summed E-state index contributed by atoms with van der Waals surface area (Å²) in [4.78, 5) is 0. The Morgan fingerprint density at radius 3 is 1.40 bits per heavy atom. The van der Waals surface area contributed by atoms with Gasteiger partial charge in [0.1, 0.15) is 0 Å². The van der Waals surface area contributed by atoms with E-state index in [0.29, 0.717) is 9.54 Å². The predicted molar refractivity (Wildman–Crippen MR) is 177 cm³/mol. The fraction of sp³-hybridized carbons (Fsp3) is 0.425. The molecule has 0 fully saturated rings. The second kappa shape index (κ2) is 12.7. The molecule has 0 spiro atoms. The Morgan fingerprint density at radius 2 is 1.02 bits per heavy atom. The van der Waals surface area contributed by atoms with E-state index in [0.717, 1.165) is 0 Å². The fourth-order valence-corrected chi connectivity index (χ4v) is 15.5. The van der Waals surface area contributed by atoms with E-state index in [-0.39, 0.29) is 41.1 Å². The van der Waals surface area contributed by atoms with Gasteiger partial charge in [0.25, 0.3) is 0 Å². The number of allylic oxidation sites excluding steroid dienone is 4. The van der Waals surface area contributed by atoms with Crippen LogP contribution in [0.15, 0.2) is 81.2 Å². The first-order chi connectivity index (χ1) is 19.0.